The highest BCUT2D eigenvalue weighted by atomic mass is 32.2. The van der Waals surface area contributed by atoms with E-state index < -0.39 is 25.9 Å². The minimum atomic E-state index is -3.80. The number of sulfonamides is 2. The van der Waals surface area contributed by atoms with Gasteiger partial charge < -0.3 is 0 Å². The third-order valence-corrected chi connectivity index (χ3v) is 9.00. The average molecular weight is 489 g/mol. The number of anilines is 1. The minimum Gasteiger partial charge on any atom is -0.280 e. The topological polar surface area (TPSA) is 83.6 Å². The van der Waals surface area contributed by atoms with Gasteiger partial charge in [0.25, 0.3) is 10.0 Å². The smallest absolute Gasteiger partial charge is 0.261 e. The summed E-state index contributed by atoms with van der Waals surface area (Å²) in [6.07, 6.45) is 0.499. The molecule has 1 N–H and O–H groups in total. The molecule has 0 atom stereocenters. The van der Waals surface area contributed by atoms with Crippen LogP contribution in [0, 0.1) is 5.82 Å². The average Bonchev–Trinajstić information content (AvgIpc) is 2.78. The van der Waals surface area contributed by atoms with Gasteiger partial charge in [0.2, 0.25) is 10.0 Å². The summed E-state index contributed by atoms with van der Waals surface area (Å²) in [7, 11) is -7.58. The van der Waals surface area contributed by atoms with Gasteiger partial charge in [-0.2, -0.15) is 4.31 Å². The summed E-state index contributed by atoms with van der Waals surface area (Å²) in [6.45, 7) is 4.47. The molecule has 3 aromatic carbocycles. The molecule has 0 saturated carbocycles. The predicted molar refractivity (Wildman–Crippen MR) is 125 cm³/mol. The molecule has 0 amide bonds. The Hall–Kier alpha value is -2.75. The lowest BCUT2D eigenvalue weighted by Crippen LogP contribution is -2.36. The maximum Gasteiger partial charge on any atom is 0.261 e. The van der Waals surface area contributed by atoms with E-state index >= 15 is 0 Å². The zero-order valence-corrected chi connectivity index (χ0v) is 20.0. The van der Waals surface area contributed by atoms with Crippen molar-refractivity contribution in [3.05, 3.63) is 89.2 Å². The van der Waals surface area contributed by atoms with Crippen molar-refractivity contribution in [3.8, 4) is 0 Å². The van der Waals surface area contributed by atoms with E-state index in [0.29, 0.717) is 24.6 Å². The van der Waals surface area contributed by atoms with Crippen LogP contribution in [-0.2, 0) is 33.0 Å². The standard InChI is InChI=1S/C24H25FN2O4S2/c1-17(2)18-4-9-23(10-5-18)32(28,29)26-22-8-3-19-13-14-27(16-20(19)15-22)33(30,31)24-11-6-21(25)7-12-24/h3-12,15,17,26H,13-14,16H2,1-2H3. The van der Waals surface area contributed by atoms with Crippen molar-refractivity contribution in [2.45, 2.75) is 42.5 Å². The van der Waals surface area contributed by atoms with Crippen LogP contribution in [0.5, 0.6) is 0 Å². The van der Waals surface area contributed by atoms with Crippen LogP contribution in [0.3, 0.4) is 0 Å². The number of nitrogens with zero attached hydrogens (tertiary/aromatic N) is 1. The van der Waals surface area contributed by atoms with Crippen molar-refractivity contribution < 1.29 is 21.2 Å². The maximum atomic E-state index is 13.2. The number of hydrogen-bond acceptors (Lipinski definition) is 4. The quantitative estimate of drug-likeness (QED) is 0.554. The Morgan fingerprint density at radius 2 is 1.48 bits per heavy atom. The van der Waals surface area contributed by atoms with Crippen LogP contribution in [0.15, 0.2) is 76.5 Å². The van der Waals surface area contributed by atoms with E-state index in [1.54, 1.807) is 36.4 Å². The number of hydrogen-bond donors (Lipinski definition) is 1. The Morgan fingerprint density at radius 3 is 2.12 bits per heavy atom. The minimum absolute atomic E-state index is 0.0223. The summed E-state index contributed by atoms with van der Waals surface area (Å²) in [5, 5.41) is 0. The summed E-state index contributed by atoms with van der Waals surface area (Å²) in [4.78, 5) is 0.180. The van der Waals surface area contributed by atoms with E-state index in [1.807, 2.05) is 19.9 Å². The molecule has 0 aliphatic carbocycles. The van der Waals surface area contributed by atoms with E-state index in [0.717, 1.165) is 28.8 Å². The van der Waals surface area contributed by atoms with Crippen molar-refractivity contribution in [1.82, 2.24) is 4.31 Å². The summed E-state index contributed by atoms with van der Waals surface area (Å²) >= 11 is 0. The van der Waals surface area contributed by atoms with Crippen LogP contribution in [0.25, 0.3) is 0 Å². The molecule has 0 unspecified atom stereocenters. The van der Waals surface area contributed by atoms with Gasteiger partial charge in [0.15, 0.2) is 0 Å². The lowest BCUT2D eigenvalue weighted by atomic mass is 10.0. The Labute approximate surface area is 194 Å². The number of benzene rings is 3. The molecule has 0 spiro atoms. The number of halogens is 1. The molecule has 9 heteroatoms. The summed E-state index contributed by atoms with van der Waals surface area (Å²) in [5.41, 5.74) is 3.10. The fourth-order valence-electron chi connectivity index (χ4n) is 3.80. The van der Waals surface area contributed by atoms with Crippen LogP contribution in [0.1, 0.15) is 36.5 Å². The molecule has 1 aliphatic rings. The third kappa shape index (κ3) is 4.95. The molecule has 174 valence electrons. The lowest BCUT2D eigenvalue weighted by molar-refractivity contribution is 0.391. The summed E-state index contributed by atoms with van der Waals surface area (Å²) in [6, 6.07) is 16.6. The fraction of sp³-hybridized carbons (Fsp3) is 0.250. The van der Waals surface area contributed by atoms with Gasteiger partial charge in [0.05, 0.1) is 9.79 Å². The van der Waals surface area contributed by atoms with Crippen molar-refractivity contribution in [1.29, 1.82) is 0 Å². The Kier molecular flexibility index (Phi) is 6.30. The zero-order valence-electron chi connectivity index (χ0n) is 18.3. The van der Waals surface area contributed by atoms with Gasteiger partial charge in [-0.3, -0.25) is 4.72 Å². The number of nitrogens with one attached hydrogen (secondary N) is 1. The Morgan fingerprint density at radius 1 is 0.848 bits per heavy atom. The first-order chi connectivity index (χ1) is 15.6. The van der Waals surface area contributed by atoms with E-state index in [9.17, 15) is 21.2 Å². The van der Waals surface area contributed by atoms with E-state index in [2.05, 4.69) is 4.72 Å². The van der Waals surface area contributed by atoms with Gasteiger partial charge in [-0.15, -0.1) is 0 Å². The van der Waals surface area contributed by atoms with E-state index in [-0.39, 0.29) is 16.3 Å². The van der Waals surface area contributed by atoms with Gasteiger partial charge >= 0.3 is 0 Å². The largest absolute Gasteiger partial charge is 0.280 e. The second kappa shape index (κ2) is 8.89. The SMILES string of the molecule is CC(C)c1ccc(S(=O)(=O)Nc2ccc3c(c2)CN(S(=O)(=O)c2ccc(F)cc2)CC3)cc1. The Bertz CT molecular complexity index is 1370. The van der Waals surface area contributed by atoms with Crippen molar-refractivity contribution >= 4 is 25.7 Å². The summed E-state index contributed by atoms with van der Waals surface area (Å²) in [5.74, 6) is -0.210. The van der Waals surface area contributed by atoms with Gasteiger partial charge in [0.1, 0.15) is 5.82 Å². The maximum absolute atomic E-state index is 13.2. The number of fused-ring (bicyclic) bond motifs is 1. The normalized spacial score (nSPS) is 14.8. The molecule has 0 bridgehead atoms. The monoisotopic (exact) mass is 488 g/mol. The van der Waals surface area contributed by atoms with E-state index in [1.165, 1.54) is 16.4 Å². The van der Waals surface area contributed by atoms with Gasteiger partial charge in [-0.25, -0.2) is 21.2 Å². The molecule has 0 aromatic heterocycles. The molecular formula is C24H25FN2O4S2. The molecule has 1 heterocycles. The molecule has 3 aromatic rings. The molecule has 0 fully saturated rings. The Balaban J connectivity index is 1.56. The summed E-state index contributed by atoms with van der Waals surface area (Å²) < 4.78 is 68.7. The zero-order chi connectivity index (χ0) is 23.8. The second-order valence-corrected chi connectivity index (χ2v) is 12.0. The highest BCUT2D eigenvalue weighted by Crippen LogP contribution is 2.28. The molecule has 33 heavy (non-hydrogen) atoms. The lowest BCUT2D eigenvalue weighted by Gasteiger charge is -2.28. The first-order valence-electron chi connectivity index (χ1n) is 10.6. The van der Waals surface area contributed by atoms with Crippen molar-refractivity contribution in [3.63, 3.8) is 0 Å². The third-order valence-electron chi connectivity index (χ3n) is 5.74. The van der Waals surface area contributed by atoms with Gasteiger partial charge in [-0.1, -0.05) is 32.0 Å². The molecule has 4 rings (SSSR count). The van der Waals surface area contributed by atoms with Crippen molar-refractivity contribution in [2.75, 3.05) is 11.3 Å². The van der Waals surface area contributed by atoms with E-state index in [4.69, 9.17) is 0 Å². The van der Waals surface area contributed by atoms with Crippen LogP contribution < -0.4 is 4.72 Å². The number of rotatable bonds is 6. The van der Waals surface area contributed by atoms with Gasteiger partial charge in [0, 0.05) is 18.8 Å². The highest BCUT2D eigenvalue weighted by molar-refractivity contribution is 7.92. The molecule has 0 radical (unpaired) electrons. The first-order valence-corrected chi connectivity index (χ1v) is 13.5. The van der Waals surface area contributed by atoms with Crippen LogP contribution >= 0.6 is 0 Å². The molecule has 1 aliphatic heterocycles. The molecule has 6 nitrogen and oxygen atoms in total. The van der Waals surface area contributed by atoms with Crippen LogP contribution in [-0.4, -0.2) is 27.7 Å². The predicted octanol–water partition coefficient (Wildman–Crippen LogP) is 4.50. The molecule has 0 saturated heterocycles. The molecular weight excluding hydrogens is 463 g/mol. The van der Waals surface area contributed by atoms with Gasteiger partial charge in [-0.05, 0) is 77.6 Å². The van der Waals surface area contributed by atoms with Crippen molar-refractivity contribution in [2.24, 2.45) is 0 Å². The first kappa shape index (κ1) is 23.4. The fourth-order valence-corrected chi connectivity index (χ4v) is 6.27. The van der Waals surface area contributed by atoms with Crippen LogP contribution in [0.4, 0.5) is 10.1 Å². The highest BCUT2D eigenvalue weighted by Gasteiger charge is 2.28. The van der Waals surface area contributed by atoms with Crippen LogP contribution in [0.2, 0.25) is 0 Å². The second-order valence-electron chi connectivity index (χ2n) is 8.36.